The number of rotatable bonds is 3. The average Bonchev–Trinajstić information content (AvgIpc) is 2.94. The molecule has 1 fully saturated rings. The van der Waals surface area contributed by atoms with Crippen molar-refractivity contribution >= 4 is 17.6 Å². The summed E-state index contributed by atoms with van der Waals surface area (Å²) in [7, 11) is 0. The number of carboxylic acids is 1. The number of carboxylic acid groups (broad SMARTS) is 1. The van der Waals surface area contributed by atoms with Crippen LogP contribution in [0.2, 0.25) is 0 Å². The Morgan fingerprint density at radius 1 is 1.50 bits per heavy atom. The molecule has 2 nitrogen and oxygen atoms in total. The van der Waals surface area contributed by atoms with Gasteiger partial charge in [-0.2, -0.15) is 0 Å². The van der Waals surface area contributed by atoms with Crippen molar-refractivity contribution in [3.05, 3.63) is 35.9 Å². The highest BCUT2D eigenvalue weighted by atomic mass is 35.5. The Morgan fingerprint density at radius 2 is 2.14 bits per heavy atom. The van der Waals surface area contributed by atoms with Gasteiger partial charge < -0.3 is 5.11 Å². The highest BCUT2D eigenvalue weighted by Gasteiger charge is 2.60. The molecule has 0 saturated heterocycles. The lowest BCUT2D eigenvalue weighted by Crippen LogP contribution is -2.22. The van der Waals surface area contributed by atoms with Crippen molar-refractivity contribution in [1.82, 2.24) is 0 Å². The summed E-state index contributed by atoms with van der Waals surface area (Å²) in [4.78, 5) is 11.2. The molecule has 2 unspecified atom stereocenters. The van der Waals surface area contributed by atoms with Gasteiger partial charge >= 0.3 is 5.97 Å². The van der Waals surface area contributed by atoms with Crippen LogP contribution in [-0.2, 0) is 10.2 Å². The molecule has 0 spiro atoms. The lowest BCUT2D eigenvalue weighted by atomic mass is 9.94. The van der Waals surface area contributed by atoms with Gasteiger partial charge in [0.05, 0.1) is 5.41 Å². The van der Waals surface area contributed by atoms with Crippen molar-refractivity contribution in [2.45, 2.75) is 11.8 Å². The van der Waals surface area contributed by atoms with Gasteiger partial charge in [-0.3, -0.25) is 4.79 Å². The number of alkyl halides is 1. The highest BCUT2D eigenvalue weighted by molar-refractivity contribution is 6.18. The molecule has 0 amide bonds. The molecule has 1 aliphatic carbocycles. The molecule has 1 saturated carbocycles. The molecule has 2 rings (SSSR count). The molecule has 3 heteroatoms. The minimum Gasteiger partial charge on any atom is -0.481 e. The fraction of sp³-hybridized carbons (Fsp3) is 0.364. The largest absolute Gasteiger partial charge is 0.481 e. The second kappa shape index (κ2) is 3.28. The molecule has 1 aromatic carbocycles. The summed E-state index contributed by atoms with van der Waals surface area (Å²) in [5.41, 5.74) is 0.168. The number of carbonyl (C=O) groups is 1. The van der Waals surface area contributed by atoms with E-state index in [1.165, 1.54) is 0 Å². The van der Waals surface area contributed by atoms with Crippen molar-refractivity contribution in [3.8, 4) is 0 Å². The molecule has 1 N–H and O–H groups in total. The molecule has 0 radical (unpaired) electrons. The predicted octanol–water partition coefficient (Wildman–Crippen LogP) is 2.27. The zero-order valence-electron chi connectivity index (χ0n) is 7.61. The van der Waals surface area contributed by atoms with Gasteiger partial charge in [-0.05, 0) is 17.9 Å². The van der Waals surface area contributed by atoms with Crippen LogP contribution < -0.4 is 0 Å². The first kappa shape index (κ1) is 9.53. The normalized spacial score (nSPS) is 29.9. The molecular weight excluding hydrogens is 200 g/mol. The van der Waals surface area contributed by atoms with Gasteiger partial charge in [0.25, 0.3) is 0 Å². The third-order valence-corrected chi connectivity index (χ3v) is 3.33. The van der Waals surface area contributed by atoms with E-state index in [9.17, 15) is 9.90 Å². The third-order valence-electron chi connectivity index (χ3n) is 2.96. The summed E-state index contributed by atoms with van der Waals surface area (Å²) in [6, 6.07) is 9.34. The van der Waals surface area contributed by atoms with E-state index in [1.54, 1.807) is 0 Å². The van der Waals surface area contributed by atoms with Crippen LogP contribution in [-0.4, -0.2) is 17.0 Å². The predicted molar refractivity (Wildman–Crippen MR) is 54.6 cm³/mol. The third kappa shape index (κ3) is 1.22. The van der Waals surface area contributed by atoms with E-state index in [2.05, 4.69) is 0 Å². The van der Waals surface area contributed by atoms with Crippen molar-refractivity contribution in [2.75, 3.05) is 5.88 Å². The summed E-state index contributed by atoms with van der Waals surface area (Å²) in [5, 5.41) is 9.20. The van der Waals surface area contributed by atoms with E-state index < -0.39 is 11.4 Å². The average molecular weight is 211 g/mol. The van der Waals surface area contributed by atoms with Crippen LogP contribution >= 0.6 is 11.6 Å². The second-order valence-corrected chi connectivity index (χ2v) is 4.01. The summed E-state index contributed by atoms with van der Waals surface area (Å²) in [5.74, 6) is -0.250. The Morgan fingerprint density at radius 3 is 2.57 bits per heavy atom. The standard InChI is InChI=1S/C11H11ClO2/c12-7-9-6-11(9,10(13)14)8-4-2-1-3-5-8/h1-5,9H,6-7H2,(H,13,14). The fourth-order valence-corrected chi connectivity index (χ4v) is 2.36. The number of hydrogen-bond donors (Lipinski definition) is 1. The van der Waals surface area contributed by atoms with Gasteiger partial charge in [0.15, 0.2) is 0 Å². The van der Waals surface area contributed by atoms with E-state index >= 15 is 0 Å². The molecule has 14 heavy (non-hydrogen) atoms. The Hall–Kier alpha value is -1.02. The summed E-state index contributed by atoms with van der Waals surface area (Å²) in [6.45, 7) is 0. The molecule has 1 aliphatic rings. The zero-order valence-corrected chi connectivity index (χ0v) is 8.37. The van der Waals surface area contributed by atoms with Gasteiger partial charge in [0, 0.05) is 5.88 Å². The lowest BCUT2D eigenvalue weighted by Gasteiger charge is -2.11. The van der Waals surface area contributed by atoms with Gasteiger partial charge in [0.2, 0.25) is 0 Å². The monoisotopic (exact) mass is 210 g/mol. The highest BCUT2D eigenvalue weighted by Crippen LogP contribution is 2.54. The van der Waals surface area contributed by atoms with E-state index in [4.69, 9.17) is 11.6 Å². The van der Waals surface area contributed by atoms with Crippen LogP contribution in [0.25, 0.3) is 0 Å². The Labute approximate surface area is 87.5 Å². The van der Waals surface area contributed by atoms with Crippen molar-refractivity contribution < 1.29 is 9.90 Å². The molecule has 74 valence electrons. The summed E-state index contributed by atoms with van der Waals surface area (Å²) in [6.07, 6.45) is 0.663. The van der Waals surface area contributed by atoms with E-state index in [0.29, 0.717) is 12.3 Å². The molecule has 0 aromatic heterocycles. The maximum Gasteiger partial charge on any atom is 0.314 e. The molecule has 2 atom stereocenters. The van der Waals surface area contributed by atoms with Gasteiger partial charge in [-0.1, -0.05) is 30.3 Å². The summed E-state index contributed by atoms with van der Waals surface area (Å²) < 4.78 is 0. The maximum absolute atomic E-state index is 11.2. The van der Waals surface area contributed by atoms with E-state index in [1.807, 2.05) is 30.3 Å². The quantitative estimate of drug-likeness (QED) is 0.778. The van der Waals surface area contributed by atoms with Crippen molar-refractivity contribution in [3.63, 3.8) is 0 Å². The van der Waals surface area contributed by atoms with Gasteiger partial charge in [0.1, 0.15) is 0 Å². The smallest absolute Gasteiger partial charge is 0.314 e. The zero-order chi connectivity index (χ0) is 10.2. The lowest BCUT2D eigenvalue weighted by molar-refractivity contribution is -0.140. The Bertz CT molecular complexity index is 350. The van der Waals surface area contributed by atoms with Crippen LogP contribution in [0.15, 0.2) is 30.3 Å². The van der Waals surface area contributed by atoms with E-state index in [-0.39, 0.29) is 5.92 Å². The molecule has 0 aliphatic heterocycles. The van der Waals surface area contributed by atoms with Crippen LogP contribution in [0, 0.1) is 5.92 Å². The molecular formula is C11H11ClO2. The van der Waals surface area contributed by atoms with Crippen molar-refractivity contribution in [1.29, 1.82) is 0 Å². The van der Waals surface area contributed by atoms with Gasteiger partial charge in [-0.25, -0.2) is 0 Å². The first-order valence-corrected chi connectivity index (χ1v) is 5.10. The molecule has 1 aromatic rings. The minimum absolute atomic E-state index is 0.0871. The number of aliphatic carboxylic acids is 1. The first-order valence-electron chi connectivity index (χ1n) is 4.56. The topological polar surface area (TPSA) is 37.3 Å². The molecule has 0 bridgehead atoms. The molecule has 0 heterocycles. The fourth-order valence-electron chi connectivity index (χ4n) is 1.99. The van der Waals surface area contributed by atoms with Crippen LogP contribution in [0.3, 0.4) is 0 Å². The Balaban J connectivity index is 2.36. The van der Waals surface area contributed by atoms with Gasteiger partial charge in [-0.15, -0.1) is 11.6 Å². The Kier molecular flexibility index (Phi) is 2.23. The number of hydrogen-bond acceptors (Lipinski definition) is 1. The summed E-state index contributed by atoms with van der Waals surface area (Å²) >= 11 is 5.71. The second-order valence-electron chi connectivity index (χ2n) is 3.70. The van der Waals surface area contributed by atoms with Crippen LogP contribution in [0.5, 0.6) is 0 Å². The van der Waals surface area contributed by atoms with Crippen LogP contribution in [0.1, 0.15) is 12.0 Å². The van der Waals surface area contributed by atoms with Crippen molar-refractivity contribution in [2.24, 2.45) is 5.92 Å². The minimum atomic E-state index is -0.755. The first-order chi connectivity index (χ1) is 6.71. The van der Waals surface area contributed by atoms with Crippen LogP contribution in [0.4, 0.5) is 0 Å². The number of halogens is 1. The SMILES string of the molecule is O=C(O)C1(c2ccccc2)CC1CCl. The maximum atomic E-state index is 11.2. The van der Waals surface area contributed by atoms with E-state index in [0.717, 1.165) is 5.56 Å². The number of benzene rings is 1.